The zero-order valence-electron chi connectivity index (χ0n) is 16.2. The van der Waals surface area contributed by atoms with Crippen molar-refractivity contribution in [2.75, 3.05) is 10.7 Å². The van der Waals surface area contributed by atoms with Crippen molar-refractivity contribution in [2.24, 2.45) is 0 Å². The average molecular weight is 428 g/mol. The van der Waals surface area contributed by atoms with E-state index in [1.54, 1.807) is 0 Å². The fraction of sp³-hybridized carbons (Fsp3) is 0.286. The van der Waals surface area contributed by atoms with Crippen LogP contribution in [-0.4, -0.2) is 26.0 Å². The van der Waals surface area contributed by atoms with Crippen molar-refractivity contribution in [3.8, 4) is 0 Å². The van der Waals surface area contributed by atoms with E-state index in [-0.39, 0.29) is 11.9 Å². The molecule has 0 unspecified atom stereocenters. The predicted octanol–water partition coefficient (Wildman–Crippen LogP) is 4.59. The highest BCUT2D eigenvalue weighted by Crippen LogP contribution is 2.38. The van der Waals surface area contributed by atoms with Crippen LogP contribution in [0.15, 0.2) is 53.7 Å². The Kier molecular flexibility index (Phi) is 5.78. The molecule has 2 heterocycles. The van der Waals surface area contributed by atoms with Gasteiger partial charge in [0.05, 0.1) is 6.04 Å². The van der Waals surface area contributed by atoms with Crippen molar-refractivity contribution in [2.45, 2.75) is 43.1 Å². The molecule has 29 heavy (non-hydrogen) atoms. The van der Waals surface area contributed by atoms with E-state index < -0.39 is 5.25 Å². The number of anilines is 1. The van der Waals surface area contributed by atoms with Crippen LogP contribution in [0.4, 0.5) is 5.69 Å². The predicted molar refractivity (Wildman–Crippen MR) is 117 cm³/mol. The van der Waals surface area contributed by atoms with Crippen LogP contribution in [-0.2, 0) is 11.2 Å². The number of benzene rings is 2. The van der Waals surface area contributed by atoms with Crippen molar-refractivity contribution < 1.29 is 4.79 Å². The van der Waals surface area contributed by atoms with Gasteiger partial charge in [-0.2, -0.15) is 0 Å². The number of amides is 1. The van der Waals surface area contributed by atoms with Crippen LogP contribution in [0.1, 0.15) is 36.3 Å². The summed E-state index contributed by atoms with van der Waals surface area (Å²) in [7, 11) is 0. The summed E-state index contributed by atoms with van der Waals surface area (Å²) in [5.41, 5.74) is 6.28. The molecular formula is C21H22ClN5OS. The minimum absolute atomic E-state index is 0.0805. The lowest BCUT2D eigenvalue weighted by Crippen LogP contribution is -2.41. The van der Waals surface area contributed by atoms with E-state index in [1.165, 1.54) is 11.8 Å². The first-order valence-corrected chi connectivity index (χ1v) is 10.8. The van der Waals surface area contributed by atoms with Gasteiger partial charge in [0.1, 0.15) is 5.25 Å². The number of aryl methyl sites for hydroxylation is 2. The van der Waals surface area contributed by atoms with Crippen LogP contribution in [0.3, 0.4) is 0 Å². The molecule has 1 aliphatic heterocycles. The quantitative estimate of drug-likeness (QED) is 0.623. The molecule has 1 amide bonds. The van der Waals surface area contributed by atoms with Gasteiger partial charge in [0, 0.05) is 17.1 Å². The van der Waals surface area contributed by atoms with Crippen molar-refractivity contribution in [1.82, 2.24) is 14.9 Å². The molecule has 2 N–H and O–H groups in total. The summed E-state index contributed by atoms with van der Waals surface area (Å²) in [5, 5.41) is 12.6. The fourth-order valence-electron chi connectivity index (χ4n) is 3.32. The second kappa shape index (κ2) is 8.47. The van der Waals surface area contributed by atoms with Gasteiger partial charge in [0.25, 0.3) is 0 Å². The summed E-state index contributed by atoms with van der Waals surface area (Å²) in [6.45, 7) is 4.08. The van der Waals surface area contributed by atoms with E-state index in [4.69, 9.17) is 11.6 Å². The number of hydrogen-bond acceptors (Lipinski definition) is 5. The minimum atomic E-state index is -0.415. The first-order valence-electron chi connectivity index (χ1n) is 9.56. The number of halogens is 1. The lowest BCUT2D eigenvalue weighted by Gasteiger charge is -2.33. The minimum Gasteiger partial charge on any atom is -0.325 e. The second-order valence-electron chi connectivity index (χ2n) is 6.99. The van der Waals surface area contributed by atoms with Crippen molar-refractivity contribution in [3.63, 3.8) is 0 Å². The van der Waals surface area contributed by atoms with Gasteiger partial charge in [-0.25, -0.2) is 4.68 Å². The standard InChI is InChI=1S/C21H22ClN5OS/c1-3-6-17-24-25-21-27(17)26-18(14-9-11-15(22)12-10-14)19(29-21)20(28)23-16-8-5-4-7-13(16)2/h4-5,7-12,18-19,26H,3,6H2,1-2H3,(H,23,28)/t18-,19+/m0/s1. The molecule has 0 saturated carbocycles. The van der Waals surface area contributed by atoms with E-state index in [0.29, 0.717) is 10.2 Å². The van der Waals surface area contributed by atoms with Crippen LogP contribution >= 0.6 is 23.4 Å². The number of fused-ring (bicyclic) bond motifs is 1. The molecule has 150 valence electrons. The molecule has 3 aromatic rings. The molecule has 0 radical (unpaired) electrons. The number of carbonyl (C=O) groups is 1. The van der Waals surface area contributed by atoms with Crippen LogP contribution in [0, 0.1) is 6.92 Å². The Hall–Kier alpha value is -2.51. The van der Waals surface area contributed by atoms with E-state index in [0.717, 1.165) is 35.5 Å². The molecular weight excluding hydrogens is 406 g/mol. The highest BCUT2D eigenvalue weighted by Gasteiger charge is 2.37. The molecule has 0 spiro atoms. The van der Waals surface area contributed by atoms with Gasteiger partial charge in [0.15, 0.2) is 5.82 Å². The Morgan fingerprint density at radius 3 is 2.69 bits per heavy atom. The monoisotopic (exact) mass is 427 g/mol. The first kappa shape index (κ1) is 19.8. The Bertz CT molecular complexity index is 1020. The molecule has 1 aromatic heterocycles. The fourth-order valence-corrected chi connectivity index (χ4v) is 4.55. The maximum Gasteiger partial charge on any atom is 0.240 e. The number of rotatable bonds is 5. The maximum absolute atomic E-state index is 13.3. The molecule has 0 saturated heterocycles. The zero-order valence-corrected chi connectivity index (χ0v) is 17.8. The molecule has 2 atom stereocenters. The van der Waals surface area contributed by atoms with Crippen LogP contribution < -0.4 is 10.7 Å². The summed E-state index contributed by atoms with van der Waals surface area (Å²) in [4.78, 5) is 13.3. The Balaban J connectivity index is 1.67. The third-order valence-electron chi connectivity index (χ3n) is 4.87. The van der Waals surface area contributed by atoms with Gasteiger partial charge >= 0.3 is 0 Å². The van der Waals surface area contributed by atoms with Crippen LogP contribution in [0.2, 0.25) is 5.02 Å². The molecule has 0 aliphatic carbocycles. The van der Waals surface area contributed by atoms with E-state index in [1.807, 2.05) is 60.1 Å². The average Bonchev–Trinajstić information content (AvgIpc) is 3.11. The number of carbonyl (C=O) groups excluding carboxylic acids is 1. The lowest BCUT2D eigenvalue weighted by atomic mass is 10.0. The molecule has 8 heteroatoms. The largest absolute Gasteiger partial charge is 0.325 e. The summed E-state index contributed by atoms with van der Waals surface area (Å²) in [5.74, 6) is 0.787. The first-order chi connectivity index (χ1) is 14.1. The van der Waals surface area contributed by atoms with Crippen molar-refractivity contribution in [3.05, 3.63) is 70.5 Å². The van der Waals surface area contributed by atoms with Gasteiger partial charge in [0.2, 0.25) is 11.1 Å². The van der Waals surface area contributed by atoms with Gasteiger partial charge in [-0.3, -0.25) is 4.79 Å². The number of thioether (sulfide) groups is 1. The third-order valence-corrected chi connectivity index (χ3v) is 6.33. The summed E-state index contributed by atoms with van der Waals surface area (Å²) in [6.07, 6.45) is 1.78. The molecule has 0 fully saturated rings. The smallest absolute Gasteiger partial charge is 0.240 e. The summed E-state index contributed by atoms with van der Waals surface area (Å²) < 4.78 is 1.91. The van der Waals surface area contributed by atoms with E-state index in [2.05, 4.69) is 27.9 Å². The van der Waals surface area contributed by atoms with Gasteiger partial charge in [-0.05, 0) is 42.7 Å². The highest BCUT2D eigenvalue weighted by molar-refractivity contribution is 8.00. The van der Waals surface area contributed by atoms with Crippen LogP contribution in [0.25, 0.3) is 0 Å². The lowest BCUT2D eigenvalue weighted by molar-refractivity contribution is -0.116. The number of nitrogens with zero attached hydrogens (tertiary/aromatic N) is 3. The molecule has 4 rings (SSSR count). The Labute approximate surface area is 179 Å². The summed E-state index contributed by atoms with van der Waals surface area (Å²) in [6, 6.07) is 15.1. The number of nitrogens with one attached hydrogen (secondary N) is 2. The Morgan fingerprint density at radius 1 is 1.21 bits per heavy atom. The summed E-state index contributed by atoms with van der Waals surface area (Å²) >= 11 is 7.50. The molecule has 2 aromatic carbocycles. The van der Waals surface area contributed by atoms with Crippen molar-refractivity contribution >= 4 is 35.0 Å². The topological polar surface area (TPSA) is 71.8 Å². The van der Waals surface area contributed by atoms with Crippen LogP contribution in [0.5, 0.6) is 0 Å². The van der Waals surface area contributed by atoms with Gasteiger partial charge in [-0.1, -0.05) is 60.6 Å². The molecule has 6 nitrogen and oxygen atoms in total. The number of hydrogen-bond donors (Lipinski definition) is 2. The Morgan fingerprint density at radius 2 is 1.97 bits per heavy atom. The third kappa shape index (κ3) is 4.11. The molecule has 1 aliphatic rings. The van der Waals surface area contributed by atoms with Gasteiger partial charge < -0.3 is 10.7 Å². The second-order valence-corrected chi connectivity index (χ2v) is 8.53. The SMILES string of the molecule is CCCc1nnc2n1N[C@@H](c1ccc(Cl)cc1)[C@H](C(=O)Nc1ccccc1C)S2. The molecule has 0 bridgehead atoms. The zero-order chi connectivity index (χ0) is 20.4. The van der Waals surface area contributed by atoms with Gasteiger partial charge in [-0.15, -0.1) is 10.2 Å². The van der Waals surface area contributed by atoms with Crippen molar-refractivity contribution in [1.29, 1.82) is 0 Å². The highest BCUT2D eigenvalue weighted by atomic mass is 35.5. The van der Waals surface area contributed by atoms with E-state index in [9.17, 15) is 4.79 Å². The number of aromatic nitrogens is 3. The van der Waals surface area contributed by atoms with E-state index >= 15 is 0 Å². The maximum atomic E-state index is 13.3. The normalized spacial score (nSPS) is 18.0. The number of para-hydroxylation sites is 1.